The predicted molar refractivity (Wildman–Crippen MR) is 79.7 cm³/mol. The number of nitrogens with one attached hydrogen (secondary N) is 1. The van der Waals surface area contributed by atoms with Crippen molar-refractivity contribution in [2.45, 2.75) is 13.5 Å². The Hall–Kier alpha value is -1.92. The first-order valence-corrected chi connectivity index (χ1v) is 6.58. The smallest absolute Gasteiger partial charge is 0.149 e. The second kappa shape index (κ2) is 6.24. The predicted octanol–water partition coefficient (Wildman–Crippen LogP) is 3.47. The first kappa shape index (κ1) is 15.5. The molecule has 0 saturated carbocycles. The van der Waals surface area contributed by atoms with Crippen LogP contribution in [0.4, 0.5) is 10.2 Å². The van der Waals surface area contributed by atoms with Gasteiger partial charge in [-0.25, -0.2) is 14.4 Å². The normalized spacial score (nSPS) is 10.5. The Morgan fingerprint density at radius 3 is 2.76 bits per heavy atom. The van der Waals surface area contributed by atoms with Crippen molar-refractivity contribution in [3.8, 4) is 5.75 Å². The average molecular weight is 329 g/mol. The van der Waals surface area contributed by atoms with E-state index in [4.69, 9.17) is 39.1 Å². The molecule has 0 spiro atoms. The molecule has 8 heteroatoms. The monoisotopic (exact) mass is 328 g/mol. The molecule has 110 valence electrons. The standard InChI is InChI=1S/C13H11Cl2FN4O/c1-6(17)8-2-7(3-20-13(8)18)21-5-9-10(16)4-19-12(15)11(9)14/h2-4,17H,5H2,1H3,(H2,18,20). The molecule has 0 atom stereocenters. The Kier molecular flexibility index (Phi) is 4.59. The molecule has 21 heavy (non-hydrogen) atoms. The molecule has 0 aliphatic heterocycles. The number of hydrogen-bond acceptors (Lipinski definition) is 5. The van der Waals surface area contributed by atoms with Gasteiger partial charge in [0.1, 0.15) is 29.1 Å². The number of halogens is 3. The maximum Gasteiger partial charge on any atom is 0.149 e. The van der Waals surface area contributed by atoms with Crippen molar-refractivity contribution in [3.05, 3.63) is 45.6 Å². The molecule has 0 fully saturated rings. The first-order valence-electron chi connectivity index (χ1n) is 5.82. The van der Waals surface area contributed by atoms with E-state index in [-0.39, 0.29) is 33.9 Å². The largest absolute Gasteiger partial charge is 0.487 e. The lowest BCUT2D eigenvalue weighted by Gasteiger charge is -2.11. The molecule has 0 aromatic carbocycles. The molecule has 0 saturated heterocycles. The molecule has 0 unspecified atom stereocenters. The fourth-order valence-electron chi connectivity index (χ4n) is 1.60. The van der Waals surface area contributed by atoms with E-state index in [1.54, 1.807) is 13.0 Å². The summed E-state index contributed by atoms with van der Waals surface area (Å²) in [4.78, 5) is 7.51. The number of rotatable bonds is 4. The second-order valence-electron chi connectivity index (χ2n) is 4.21. The van der Waals surface area contributed by atoms with E-state index >= 15 is 0 Å². The number of nitrogens with zero attached hydrogens (tertiary/aromatic N) is 2. The van der Waals surface area contributed by atoms with Crippen LogP contribution < -0.4 is 10.5 Å². The zero-order chi connectivity index (χ0) is 15.6. The highest BCUT2D eigenvalue weighted by Crippen LogP contribution is 2.27. The Morgan fingerprint density at radius 1 is 1.38 bits per heavy atom. The van der Waals surface area contributed by atoms with Crippen LogP contribution >= 0.6 is 23.2 Å². The molecule has 2 aromatic rings. The number of nitrogen functional groups attached to an aromatic ring is 1. The molecule has 0 bridgehead atoms. The van der Waals surface area contributed by atoms with E-state index in [0.29, 0.717) is 11.3 Å². The van der Waals surface area contributed by atoms with Gasteiger partial charge in [-0.05, 0) is 13.0 Å². The van der Waals surface area contributed by atoms with Gasteiger partial charge in [-0.2, -0.15) is 0 Å². The maximum atomic E-state index is 13.6. The van der Waals surface area contributed by atoms with Crippen molar-refractivity contribution in [3.63, 3.8) is 0 Å². The molecule has 0 aliphatic rings. The van der Waals surface area contributed by atoms with E-state index in [0.717, 1.165) is 6.20 Å². The van der Waals surface area contributed by atoms with Gasteiger partial charge in [-0.1, -0.05) is 23.2 Å². The molecule has 5 nitrogen and oxygen atoms in total. The molecular weight excluding hydrogens is 318 g/mol. The van der Waals surface area contributed by atoms with Crippen LogP contribution in [0.25, 0.3) is 0 Å². The zero-order valence-corrected chi connectivity index (χ0v) is 12.5. The van der Waals surface area contributed by atoms with Gasteiger partial charge in [0.15, 0.2) is 0 Å². The summed E-state index contributed by atoms with van der Waals surface area (Å²) in [5.74, 6) is -0.0449. The number of hydrogen-bond donors (Lipinski definition) is 2. The lowest BCUT2D eigenvalue weighted by molar-refractivity contribution is 0.298. The molecule has 0 aliphatic carbocycles. The number of nitrogens with two attached hydrogens (primary N) is 1. The molecular formula is C13H11Cl2FN4O. The van der Waals surface area contributed by atoms with Crippen LogP contribution in [-0.2, 0) is 6.61 Å². The topological polar surface area (TPSA) is 84.9 Å². The number of ether oxygens (including phenoxy) is 1. The Labute approximate surface area is 130 Å². The van der Waals surface area contributed by atoms with Crippen molar-refractivity contribution in [2.75, 3.05) is 5.73 Å². The molecule has 0 amide bonds. The Bertz CT molecular complexity index is 709. The molecule has 3 N–H and O–H groups in total. The van der Waals surface area contributed by atoms with Gasteiger partial charge in [0.25, 0.3) is 0 Å². The van der Waals surface area contributed by atoms with Crippen molar-refractivity contribution in [2.24, 2.45) is 0 Å². The van der Waals surface area contributed by atoms with Gasteiger partial charge >= 0.3 is 0 Å². The highest BCUT2D eigenvalue weighted by molar-refractivity contribution is 6.41. The quantitative estimate of drug-likeness (QED) is 0.664. The van der Waals surface area contributed by atoms with Crippen LogP contribution in [0, 0.1) is 11.2 Å². The minimum absolute atomic E-state index is 0.00289. The summed E-state index contributed by atoms with van der Waals surface area (Å²) in [6.07, 6.45) is 2.36. The van der Waals surface area contributed by atoms with Crippen LogP contribution in [0.1, 0.15) is 18.1 Å². The van der Waals surface area contributed by atoms with E-state index in [9.17, 15) is 4.39 Å². The van der Waals surface area contributed by atoms with E-state index in [1.165, 1.54) is 6.20 Å². The van der Waals surface area contributed by atoms with Crippen LogP contribution in [0.5, 0.6) is 5.75 Å². The van der Waals surface area contributed by atoms with Gasteiger partial charge in [0, 0.05) is 16.8 Å². The van der Waals surface area contributed by atoms with Crippen molar-refractivity contribution in [1.29, 1.82) is 5.41 Å². The van der Waals surface area contributed by atoms with Crippen molar-refractivity contribution in [1.82, 2.24) is 9.97 Å². The summed E-state index contributed by atoms with van der Waals surface area (Å²) in [6.45, 7) is 1.44. The van der Waals surface area contributed by atoms with E-state index in [1.807, 2.05) is 0 Å². The summed E-state index contributed by atoms with van der Waals surface area (Å²) in [7, 11) is 0. The minimum Gasteiger partial charge on any atom is -0.487 e. The number of aromatic nitrogens is 2. The summed E-state index contributed by atoms with van der Waals surface area (Å²) < 4.78 is 19.1. The van der Waals surface area contributed by atoms with E-state index in [2.05, 4.69) is 9.97 Å². The van der Waals surface area contributed by atoms with Crippen LogP contribution in [-0.4, -0.2) is 15.7 Å². The maximum absolute atomic E-state index is 13.6. The van der Waals surface area contributed by atoms with Crippen LogP contribution in [0.2, 0.25) is 10.2 Å². The third-order valence-electron chi connectivity index (χ3n) is 2.71. The fraction of sp³-hybridized carbons (Fsp3) is 0.154. The van der Waals surface area contributed by atoms with E-state index < -0.39 is 5.82 Å². The van der Waals surface area contributed by atoms with Gasteiger partial charge < -0.3 is 15.9 Å². The highest BCUT2D eigenvalue weighted by Gasteiger charge is 2.13. The Morgan fingerprint density at radius 2 is 2.10 bits per heavy atom. The van der Waals surface area contributed by atoms with Crippen molar-refractivity contribution >= 4 is 34.7 Å². The number of anilines is 1. The first-order chi connectivity index (χ1) is 9.90. The summed E-state index contributed by atoms with van der Waals surface area (Å²) in [5, 5.41) is 7.59. The second-order valence-corrected chi connectivity index (χ2v) is 4.94. The molecule has 2 rings (SSSR count). The van der Waals surface area contributed by atoms with Gasteiger partial charge in [0.2, 0.25) is 0 Å². The summed E-state index contributed by atoms with van der Waals surface area (Å²) >= 11 is 11.6. The number of pyridine rings is 2. The van der Waals surface area contributed by atoms with Gasteiger partial charge in [-0.15, -0.1) is 0 Å². The summed E-state index contributed by atoms with van der Waals surface area (Å²) in [6, 6.07) is 1.55. The summed E-state index contributed by atoms with van der Waals surface area (Å²) in [5.41, 5.74) is 6.45. The fourth-order valence-corrected chi connectivity index (χ4v) is 1.96. The van der Waals surface area contributed by atoms with Gasteiger partial charge in [-0.3, -0.25) is 0 Å². The zero-order valence-electron chi connectivity index (χ0n) is 11.0. The molecule has 2 heterocycles. The average Bonchev–Trinajstić information content (AvgIpc) is 2.44. The SMILES string of the molecule is CC(=N)c1cc(OCc2c(F)cnc(Cl)c2Cl)cnc1N. The lowest BCUT2D eigenvalue weighted by Crippen LogP contribution is -2.05. The highest BCUT2D eigenvalue weighted by atomic mass is 35.5. The molecule has 0 radical (unpaired) electrons. The van der Waals surface area contributed by atoms with Crippen LogP contribution in [0.3, 0.4) is 0 Å². The molecule has 2 aromatic heterocycles. The lowest BCUT2D eigenvalue weighted by atomic mass is 10.2. The third kappa shape index (κ3) is 3.40. The van der Waals surface area contributed by atoms with Gasteiger partial charge in [0.05, 0.1) is 17.4 Å². The van der Waals surface area contributed by atoms with Crippen molar-refractivity contribution < 1.29 is 9.13 Å². The van der Waals surface area contributed by atoms with Crippen LogP contribution in [0.15, 0.2) is 18.5 Å². The minimum atomic E-state index is -0.615. The Balaban J connectivity index is 2.23. The third-order valence-corrected chi connectivity index (χ3v) is 3.50.